The third kappa shape index (κ3) is 2.10. The van der Waals surface area contributed by atoms with Gasteiger partial charge < -0.3 is 4.98 Å². The van der Waals surface area contributed by atoms with Crippen LogP contribution in [0.1, 0.15) is 31.0 Å². The standard InChI is InChI=1S/C12H11F3N2O/c1-6(2)9-7-4-3-5-8(12(13,14)15)10(7)17-11(18)16-9/h3-6H,1-2H3,(H,16,17,18). The number of benzene rings is 1. The second kappa shape index (κ2) is 4.12. The molecule has 0 aliphatic carbocycles. The lowest BCUT2D eigenvalue weighted by Gasteiger charge is -2.13. The molecule has 0 unspecified atom stereocenters. The molecular formula is C12H11F3N2O. The van der Waals surface area contributed by atoms with Crippen LogP contribution in [0.25, 0.3) is 10.9 Å². The molecule has 1 heterocycles. The van der Waals surface area contributed by atoms with Crippen LogP contribution in [0.4, 0.5) is 13.2 Å². The van der Waals surface area contributed by atoms with Crippen LogP contribution in [-0.2, 0) is 6.18 Å². The van der Waals surface area contributed by atoms with Crippen LogP contribution in [-0.4, -0.2) is 9.97 Å². The van der Waals surface area contributed by atoms with E-state index < -0.39 is 17.4 Å². The number of H-pyrrole nitrogens is 1. The van der Waals surface area contributed by atoms with Gasteiger partial charge >= 0.3 is 11.9 Å². The highest BCUT2D eigenvalue weighted by atomic mass is 19.4. The summed E-state index contributed by atoms with van der Waals surface area (Å²) < 4.78 is 38.5. The van der Waals surface area contributed by atoms with Crippen LogP contribution < -0.4 is 5.69 Å². The average molecular weight is 256 g/mol. The normalized spacial score (nSPS) is 12.3. The first-order valence-electron chi connectivity index (χ1n) is 5.41. The van der Waals surface area contributed by atoms with E-state index in [2.05, 4.69) is 9.97 Å². The van der Waals surface area contributed by atoms with Crippen LogP contribution in [0, 0.1) is 0 Å². The molecule has 3 nitrogen and oxygen atoms in total. The maximum atomic E-state index is 12.8. The smallest absolute Gasteiger partial charge is 0.309 e. The Labute approximate surface area is 101 Å². The maximum Gasteiger partial charge on any atom is 0.418 e. The highest BCUT2D eigenvalue weighted by Gasteiger charge is 2.33. The van der Waals surface area contributed by atoms with E-state index in [1.165, 1.54) is 12.1 Å². The molecule has 0 atom stereocenters. The van der Waals surface area contributed by atoms with Gasteiger partial charge in [-0.3, -0.25) is 0 Å². The van der Waals surface area contributed by atoms with Gasteiger partial charge in [-0.2, -0.15) is 18.2 Å². The molecule has 0 saturated carbocycles. The molecule has 0 spiro atoms. The summed E-state index contributed by atoms with van der Waals surface area (Å²) in [6.07, 6.45) is -4.52. The lowest BCUT2D eigenvalue weighted by molar-refractivity contribution is -0.136. The van der Waals surface area contributed by atoms with Crippen molar-refractivity contribution >= 4 is 10.9 Å². The molecule has 6 heteroatoms. The zero-order chi connectivity index (χ0) is 13.5. The quantitative estimate of drug-likeness (QED) is 0.852. The Hall–Kier alpha value is -1.85. The fraction of sp³-hybridized carbons (Fsp3) is 0.333. The number of aromatic nitrogens is 2. The Morgan fingerprint density at radius 3 is 2.50 bits per heavy atom. The average Bonchev–Trinajstić information content (AvgIpc) is 2.25. The first kappa shape index (κ1) is 12.6. The first-order valence-corrected chi connectivity index (χ1v) is 5.41. The maximum absolute atomic E-state index is 12.8. The second-order valence-corrected chi connectivity index (χ2v) is 4.31. The van der Waals surface area contributed by atoms with Crippen LogP contribution in [0.5, 0.6) is 0 Å². The van der Waals surface area contributed by atoms with E-state index in [9.17, 15) is 18.0 Å². The third-order valence-corrected chi connectivity index (χ3v) is 2.66. The molecule has 1 N–H and O–H groups in total. The van der Waals surface area contributed by atoms with E-state index in [4.69, 9.17) is 0 Å². The van der Waals surface area contributed by atoms with Crippen LogP contribution in [0.15, 0.2) is 23.0 Å². The molecule has 0 amide bonds. The van der Waals surface area contributed by atoms with Crippen molar-refractivity contribution in [1.29, 1.82) is 0 Å². The fourth-order valence-electron chi connectivity index (χ4n) is 1.88. The summed E-state index contributed by atoms with van der Waals surface area (Å²) in [5.74, 6) is -0.0910. The molecule has 0 saturated heterocycles. The van der Waals surface area contributed by atoms with Gasteiger partial charge in [0.25, 0.3) is 0 Å². The zero-order valence-electron chi connectivity index (χ0n) is 9.80. The molecule has 96 valence electrons. The summed E-state index contributed by atoms with van der Waals surface area (Å²) in [5.41, 5.74) is -1.47. The SMILES string of the molecule is CC(C)c1[nH]c(=O)nc2c(C(F)(F)F)cccc12. The number of para-hydroxylation sites is 1. The van der Waals surface area contributed by atoms with E-state index in [-0.39, 0.29) is 11.4 Å². The molecule has 0 fully saturated rings. The number of halogens is 3. The minimum atomic E-state index is -4.52. The number of hydrogen-bond acceptors (Lipinski definition) is 2. The molecule has 1 aromatic carbocycles. The summed E-state index contributed by atoms with van der Waals surface area (Å²) >= 11 is 0. The molecule has 0 radical (unpaired) electrons. The lowest BCUT2D eigenvalue weighted by Crippen LogP contribution is -2.17. The summed E-state index contributed by atoms with van der Waals surface area (Å²) in [7, 11) is 0. The first-order chi connectivity index (χ1) is 8.30. The second-order valence-electron chi connectivity index (χ2n) is 4.31. The molecule has 0 aliphatic heterocycles. The molecule has 0 bridgehead atoms. The fourth-order valence-corrected chi connectivity index (χ4v) is 1.88. The van der Waals surface area contributed by atoms with E-state index >= 15 is 0 Å². The van der Waals surface area contributed by atoms with Gasteiger partial charge in [-0.25, -0.2) is 4.79 Å². The van der Waals surface area contributed by atoms with Gasteiger partial charge in [0.15, 0.2) is 0 Å². The largest absolute Gasteiger partial charge is 0.418 e. The predicted molar refractivity (Wildman–Crippen MR) is 61.5 cm³/mol. The highest BCUT2D eigenvalue weighted by molar-refractivity contribution is 5.84. The molecule has 1 aromatic heterocycles. The number of rotatable bonds is 1. The van der Waals surface area contributed by atoms with Crippen molar-refractivity contribution in [3.05, 3.63) is 39.9 Å². The van der Waals surface area contributed by atoms with Crippen molar-refractivity contribution in [2.75, 3.05) is 0 Å². The Morgan fingerprint density at radius 2 is 1.94 bits per heavy atom. The Morgan fingerprint density at radius 1 is 1.28 bits per heavy atom. The van der Waals surface area contributed by atoms with E-state index in [0.29, 0.717) is 11.1 Å². The van der Waals surface area contributed by atoms with Gasteiger partial charge in [-0.1, -0.05) is 26.0 Å². The van der Waals surface area contributed by atoms with Crippen molar-refractivity contribution in [1.82, 2.24) is 9.97 Å². The van der Waals surface area contributed by atoms with Gasteiger partial charge in [-0.05, 0) is 12.0 Å². The number of fused-ring (bicyclic) bond motifs is 1. The summed E-state index contributed by atoms with van der Waals surface area (Å²) in [6.45, 7) is 3.59. The van der Waals surface area contributed by atoms with Crippen molar-refractivity contribution in [2.45, 2.75) is 25.9 Å². The van der Waals surface area contributed by atoms with Crippen molar-refractivity contribution in [3.8, 4) is 0 Å². The summed E-state index contributed by atoms with van der Waals surface area (Å²) in [6, 6.07) is 3.78. The number of nitrogens with one attached hydrogen (secondary N) is 1. The molecule has 18 heavy (non-hydrogen) atoms. The number of alkyl halides is 3. The van der Waals surface area contributed by atoms with Crippen LogP contribution in [0.2, 0.25) is 0 Å². The number of hydrogen-bond donors (Lipinski definition) is 1. The zero-order valence-corrected chi connectivity index (χ0v) is 9.80. The van der Waals surface area contributed by atoms with E-state index in [1.807, 2.05) is 0 Å². The molecule has 2 aromatic rings. The monoisotopic (exact) mass is 256 g/mol. The number of aromatic amines is 1. The minimum Gasteiger partial charge on any atom is -0.309 e. The van der Waals surface area contributed by atoms with Crippen molar-refractivity contribution in [2.24, 2.45) is 0 Å². The molecule has 0 aliphatic rings. The van der Waals surface area contributed by atoms with Crippen molar-refractivity contribution < 1.29 is 13.2 Å². The van der Waals surface area contributed by atoms with Gasteiger partial charge in [0.05, 0.1) is 11.1 Å². The molecular weight excluding hydrogens is 245 g/mol. The topological polar surface area (TPSA) is 45.8 Å². The predicted octanol–water partition coefficient (Wildman–Crippen LogP) is 3.07. The van der Waals surface area contributed by atoms with Gasteiger partial charge in [-0.15, -0.1) is 0 Å². The van der Waals surface area contributed by atoms with Gasteiger partial charge in [0.1, 0.15) is 0 Å². The van der Waals surface area contributed by atoms with E-state index in [1.54, 1.807) is 13.8 Å². The lowest BCUT2D eigenvalue weighted by atomic mass is 10.0. The Kier molecular flexibility index (Phi) is 2.88. The highest BCUT2D eigenvalue weighted by Crippen LogP contribution is 2.34. The summed E-state index contributed by atoms with van der Waals surface area (Å²) in [4.78, 5) is 17.3. The summed E-state index contributed by atoms with van der Waals surface area (Å²) in [5, 5.41) is 0.333. The van der Waals surface area contributed by atoms with Crippen LogP contribution in [0.3, 0.4) is 0 Å². The third-order valence-electron chi connectivity index (χ3n) is 2.66. The Balaban J connectivity index is 2.91. The van der Waals surface area contributed by atoms with Crippen LogP contribution >= 0.6 is 0 Å². The Bertz CT molecular complexity index is 644. The number of nitrogens with zero attached hydrogens (tertiary/aromatic N) is 1. The van der Waals surface area contributed by atoms with E-state index in [0.717, 1.165) is 6.07 Å². The minimum absolute atomic E-state index is 0.0910. The van der Waals surface area contributed by atoms with Gasteiger partial charge in [0, 0.05) is 11.1 Å². The van der Waals surface area contributed by atoms with Crippen molar-refractivity contribution in [3.63, 3.8) is 0 Å². The molecule has 2 rings (SSSR count). The van der Waals surface area contributed by atoms with Gasteiger partial charge in [0.2, 0.25) is 0 Å².